The lowest BCUT2D eigenvalue weighted by Gasteiger charge is -2.14. The maximum atomic E-state index is 12.2. The van der Waals surface area contributed by atoms with Gasteiger partial charge in [0.1, 0.15) is 11.8 Å². The minimum Gasteiger partial charge on any atom is -0.490 e. The maximum absolute atomic E-state index is 12.2. The quantitative estimate of drug-likeness (QED) is 0.125. The lowest BCUT2D eigenvalue weighted by atomic mass is 10.2. The van der Waals surface area contributed by atoms with Crippen LogP contribution in [0.5, 0.6) is 11.5 Å². The first-order valence-electron chi connectivity index (χ1n) is 9.65. The number of nitrogens with zero attached hydrogens (tertiary/aromatic N) is 3. The molecule has 9 nitrogen and oxygen atoms in total. The van der Waals surface area contributed by atoms with Gasteiger partial charge in [0.15, 0.2) is 11.5 Å². The number of halogens is 2. The first kappa shape index (κ1) is 24.4. The highest BCUT2D eigenvalue weighted by molar-refractivity contribution is 14.1. The van der Waals surface area contributed by atoms with E-state index in [0.29, 0.717) is 23.7 Å². The van der Waals surface area contributed by atoms with E-state index in [1.807, 2.05) is 13.0 Å². The fourth-order valence-corrected chi connectivity index (χ4v) is 3.70. The van der Waals surface area contributed by atoms with Crippen molar-refractivity contribution in [1.82, 2.24) is 10.4 Å². The summed E-state index contributed by atoms with van der Waals surface area (Å²) in [7, 11) is 0. The minimum absolute atomic E-state index is 0.0184. The molecule has 0 atom stereocenters. The summed E-state index contributed by atoms with van der Waals surface area (Å²) < 4.78 is 12.4. The summed E-state index contributed by atoms with van der Waals surface area (Å²) in [4.78, 5) is 26.4. The molecule has 0 aliphatic carbocycles. The van der Waals surface area contributed by atoms with Crippen LogP contribution in [-0.2, 0) is 6.61 Å². The molecule has 1 heterocycles. The molecule has 0 saturated heterocycles. The summed E-state index contributed by atoms with van der Waals surface area (Å²) in [5.41, 5.74) is 4.12. The van der Waals surface area contributed by atoms with E-state index < -0.39 is 10.8 Å². The second kappa shape index (κ2) is 11.6. The van der Waals surface area contributed by atoms with Crippen molar-refractivity contribution in [2.75, 3.05) is 6.61 Å². The Balaban J connectivity index is 1.72. The summed E-state index contributed by atoms with van der Waals surface area (Å²) >= 11 is 8.04. The van der Waals surface area contributed by atoms with Crippen LogP contribution in [-0.4, -0.2) is 28.6 Å². The highest BCUT2D eigenvalue weighted by Crippen LogP contribution is 2.34. The molecule has 3 rings (SSSR count). The number of aromatic nitrogens is 1. The van der Waals surface area contributed by atoms with Crippen molar-refractivity contribution in [2.45, 2.75) is 13.5 Å². The Hall–Kier alpha value is -3.25. The van der Waals surface area contributed by atoms with Crippen molar-refractivity contribution in [3.05, 3.63) is 90.3 Å². The average molecular weight is 581 g/mol. The van der Waals surface area contributed by atoms with E-state index >= 15 is 0 Å². The number of carbonyl (C=O) groups excluding carboxylic acids is 1. The molecular weight excluding hydrogens is 563 g/mol. The van der Waals surface area contributed by atoms with Gasteiger partial charge in [0, 0.05) is 18.3 Å². The van der Waals surface area contributed by atoms with Gasteiger partial charge in [-0.3, -0.25) is 14.9 Å². The Labute approximate surface area is 208 Å². The number of amides is 1. The Bertz CT molecular complexity index is 1190. The van der Waals surface area contributed by atoms with Crippen LogP contribution in [0.25, 0.3) is 0 Å². The molecule has 3 aromatic rings. The monoisotopic (exact) mass is 580 g/mol. The first-order chi connectivity index (χ1) is 15.9. The van der Waals surface area contributed by atoms with Gasteiger partial charge in [0.2, 0.25) is 0 Å². The zero-order valence-corrected chi connectivity index (χ0v) is 20.2. The zero-order valence-electron chi connectivity index (χ0n) is 17.3. The standard InChI is InChI=1S/C22H18ClIN4O5/c1-2-32-19-11-15(12-26-27-22(29)17-4-3-9-25-21(17)23)10-18(24)20(19)33-13-14-5-7-16(8-6-14)28(30)31/h3-12H,2,13H2,1H3,(H,27,29). The molecule has 170 valence electrons. The van der Waals surface area contributed by atoms with Gasteiger partial charge in [-0.25, -0.2) is 10.4 Å². The normalized spacial score (nSPS) is 10.8. The van der Waals surface area contributed by atoms with Crippen LogP contribution >= 0.6 is 34.2 Å². The van der Waals surface area contributed by atoms with E-state index in [2.05, 4.69) is 38.1 Å². The summed E-state index contributed by atoms with van der Waals surface area (Å²) in [6, 6.07) is 12.9. The van der Waals surface area contributed by atoms with Gasteiger partial charge >= 0.3 is 0 Å². The minimum atomic E-state index is -0.480. The second-order valence-corrected chi connectivity index (χ2v) is 8.04. The largest absolute Gasteiger partial charge is 0.490 e. The van der Waals surface area contributed by atoms with Crippen LogP contribution in [0.2, 0.25) is 5.15 Å². The molecule has 1 N–H and O–H groups in total. The topological polar surface area (TPSA) is 116 Å². The highest BCUT2D eigenvalue weighted by atomic mass is 127. The van der Waals surface area contributed by atoms with Gasteiger partial charge in [-0.1, -0.05) is 11.6 Å². The molecule has 1 aromatic heterocycles. The van der Waals surface area contributed by atoms with Crippen LogP contribution in [0.15, 0.2) is 59.8 Å². The van der Waals surface area contributed by atoms with Gasteiger partial charge < -0.3 is 9.47 Å². The number of ether oxygens (including phenoxy) is 2. The Morgan fingerprint density at radius 3 is 2.70 bits per heavy atom. The molecule has 0 fully saturated rings. The number of carbonyl (C=O) groups is 1. The van der Waals surface area contributed by atoms with Gasteiger partial charge in [0.05, 0.1) is 26.9 Å². The molecule has 0 radical (unpaired) electrons. The Morgan fingerprint density at radius 2 is 2.03 bits per heavy atom. The third-order valence-electron chi connectivity index (χ3n) is 4.25. The SMILES string of the molecule is CCOc1cc(C=NNC(=O)c2cccnc2Cl)cc(I)c1OCc1ccc([N+](=O)[O-])cc1. The number of hydrazone groups is 1. The summed E-state index contributed by atoms with van der Waals surface area (Å²) in [6.07, 6.45) is 2.97. The van der Waals surface area contributed by atoms with Gasteiger partial charge in [-0.2, -0.15) is 5.10 Å². The Morgan fingerprint density at radius 1 is 1.27 bits per heavy atom. The number of rotatable bonds is 9. The molecular formula is C22H18ClIN4O5. The molecule has 33 heavy (non-hydrogen) atoms. The maximum Gasteiger partial charge on any atom is 0.274 e. The molecule has 0 saturated carbocycles. The molecule has 1 amide bonds. The van der Waals surface area contributed by atoms with E-state index in [1.54, 1.807) is 30.3 Å². The van der Waals surface area contributed by atoms with Crippen LogP contribution in [0.3, 0.4) is 0 Å². The molecule has 0 spiro atoms. The van der Waals surface area contributed by atoms with Gasteiger partial charge in [-0.15, -0.1) is 0 Å². The molecule has 0 aliphatic heterocycles. The summed E-state index contributed by atoms with van der Waals surface area (Å²) in [6.45, 7) is 2.48. The van der Waals surface area contributed by atoms with Crippen LogP contribution in [0.1, 0.15) is 28.4 Å². The van der Waals surface area contributed by atoms with E-state index in [0.717, 1.165) is 9.13 Å². The zero-order chi connectivity index (χ0) is 23.8. The smallest absolute Gasteiger partial charge is 0.274 e. The van der Waals surface area contributed by atoms with Crippen LogP contribution in [0.4, 0.5) is 5.69 Å². The van der Waals surface area contributed by atoms with E-state index in [4.69, 9.17) is 21.1 Å². The number of hydrogen-bond donors (Lipinski definition) is 1. The van der Waals surface area contributed by atoms with E-state index in [-0.39, 0.29) is 23.0 Å². The van der Waals surface area contributed by atoms with Crippen molar-refractivity contribution < 1.29 is 19.2 Å². The van der Waals surface area contributed by atoms with Crippen LogP contribution in [0, 0.1) is 13.7 Å². The molecule has 2 aromatic carbocycles. The second-order valence-electron chi connectivity index (χ2n) is 6.52. The van der Waals surface area contributed by atoms with Crippen molar-refractivity contribution in [1.29, 1.82) is 0 Å². The molecule has 0 bridgehead atoms. The molecule has 0 aliphatic rings. The lowest BCUT2D eigenvalue weighted by molar-refractivity contribution is -0.384. The lowest BCUT2D eigenvalue weighted by Crippen LogP contribution is -2.18. The predicted molar refractivity (Wildman–Crippen MR) is 132 cm³/mol. The third-order valence-corrected chi connectivity index (χ3v) is 5.35. The first-order valence-corrected chi connectivity index (χ1v) is 11.1. The van der Waals surface area contributed by atoms with Gasteiger partial charge in [0.25, 0.3) is 11.6 Å². The fourth-order valence-electron chi connectivity index (χ4n) is 2.72. The van der Waals surface area contributed by atoms with E-state index in [1.165, 1.54) is 24.5 Å². The number of pyridine rings is 1. The molecule has 11 heteroatoms. The third kappa shape index (κ3) is 6.62. The fraction of sp³-hybridized carbons (Fsp3) is 0.136. The molecule has 0 unspecified atom stereocenters. The highest BCUT2D eigenvalue weighted by Gasteiger charge is 2.13. The summed E-state index contributed by atoms with van der Waals surface area (Å²) in [5, 5.41) is 14.9. The number of nitro benzene ring substituents is 1. The number of non-ortho nitro benzene ring substituents is 1. The number of hydrogen-bond acceptors (Lipinski definition) is 7. The van der Waals surface area contributed by atoms with Crippen molar-refractivity contribution in [3.63, 3.8) is 0 Å². The van der Waals surface area contributed by atoms with Crippen molar-refractivity contribution >= 4 is 52.0 Å². The van der Waals surface area contributed by atoms with E-state index in [9.17, 15) is 14.9 Å². The Kier molecular flexibility index (Phi) is 8.55. The number of nitrogens with one attached hydrogen (secondary N) is 1. The average Bonchev–Trinajstić information content (AvgIpc) is 2.79. The predicted octanol–water partition coefficient (Wildman–Crippen LogP) is 4.99. The van der Waals surface area contributed by atoms with Crippen molar-refractivity contribution in [3.8, 4) is 11.5 Å². The van der Waals surface area contributed by atoms with Gasteiger partial charge in [-0.05, 0) is 77.0 Å². The summed E-state index contributed by atoms with van der Waals surface area (Å²) in [5.74, 6) is 0.570. The number of nitro groups is 1. The van der Waals surface area contributed by atoms with Crippen molar-refractivity contribution in [2.24, 2.45) is 5.10 Å². The number of benzene rings is 2. The van der Waals surface area contributed by atoms with Crippen LogP contribution < -0.4 is 14.9 Å².